The molecule has 0 bridgehead atoms. The summed E-state index contributed by atoms with van der Waals surface area (Å²) in [5, 5.41) is 23.8. The number of carbonyl (C=O) groups excluding carboxylic acids is 1. The third-order valence-electron chi connectivity index (χ3n) is 9.81. The average Bonchev–Trinajstić information content (AvgIpc) is 3.24. The predicted molar refractivity (Wildman–Crippen MR) is 101 cm³/mol. The van der Waals surface area contributed by atoms with Gasteiger partial charge in [-0.15, -0.1) is 0 Å². The topological polar surface area (TPSA) is 70.7 Å². The lowest BCUT2D eigenvalue weighted by atomic mass is 9.43. The minimum Gasteiger partial charge on any atom is -0.472 e. The van der Waals surface area contributed by atoms with E-state index in [1.54, 1.807) is 12.5 Å². The summed E-state index contributed by atoms with van der Waals surface area (Å²) in [4.78, 5) is 12.0. The SMILES string of the molecule is C[C@]12CCC(=O)C[C@H]1CC[C@@H]1[C@@H]2CC[C@]2(C)[C@](O)(c3ccoc3)CC[C@]12O. The van der Waals surface area contributed by atoms with Gasteiger partial charge in [-0.25, -0.2) is 0 Å². The van der Waals surface area contributed by atoms with Gasteiger partial charge in [-0.2, -0.15) is 0 Å². The predicted octanol–water partition coefficient (Wildman–Crippen LogP) is 4.19. The molecule has 148 valence electrons. The minimum absolute atomic E-state index is 0.157. The Morgan fingerprint density at radius 1 is 1.04 bits per heavy atom. The van der Waals surface area contributed by atoms with Gasteiger partial charge in [0, 0.05) is 23.8 Å². The Labute approximate surface area is 161 Å². The second-order valence-corrected chi connectivity index (χ2v) is 10.4. The second-order valence-electron chi connectivity index (χ2n) is 10.4. The molecule has 0 aliphatic heterocycles. The Kier molecular flexibility index (Phi) is 3.64. The largest absolute Gasteiger partial charge is 0.472 e. The average molecular weight is 373 g/mol. The highest BCUT2D eigenvalue weighted by Crippen LogP contribution is 2.71. The fraction of sp³-hybridized carbons (Fsp3) is 0.783. The Morgan fingerprint density at radius 2 is 1.85 bits per heavy atom. The maximum atomic E-state index is 12.1. The van der Waals surface area contributed by atoms with E-state index < -0.39 is 16.6 Å². The second kappa shape index (κ2) is 5.48. The molecule has 0 amide bonds. The van der Waals surface area contributed by atoms with Gasteiger partial charge in [0.2, 0.25) is 0 Å². The molecule has 0 saturated heterocycles. The molecule has 0 spiro atoms. The zero-order valence-corrected chi connectivity index (χ0v) is 16.5. The van der Waals surface area contributed by atoms with Crippen LogP contribution in [0.3, 0.4) is 0 Å². The lowest BCUT2D eigenvalue weighted by Gasteiger charge is -2.63. The van der Waals surface area contributed by atoms with Crippen molar-refractivity contribution in [1.82, 2.24) is 0 Å². The molecule has 4 fully saturated rings. The normalized spacial score (nSPS) is 52.1. The highest BCUT2D eigenvalue weighted by molar-refractivity contribution is 5.79. The number of hydrogen-bond donors (Lipinski definition) is 2. The summed E-state index contributed by atoms with van der Waals surface area (Å²) in [5.74, 6) is 1.56. The first-order chi connectivity index (χ1) is 12.7. The Bertz CT molecular complexity index is 756. The standard InChI is InChI=1S/C23H32O4/c1-20-8-5-17(24)13-15(20)3-4-19-18(20)6-9-21(2)22(25,10-11-23(19,21)26)16-7-12-27-14-16/h7,12,14-15,18-19,25-26H,3-6,8-11,13H2,1-2H3/t15-,18+,19-,20+,21-,22-,23+/m1/s1. The molecule has 0 unspecified atom stereocenters. The van der Waals surface area contributed by atoms with E-state index in [2.05, 4.69) is 13.8 Å². The van der Waals surface area contributed by atoms with Gasteiger partial charge in [0.15, 0.2) is 0 Å². The van der Waals surface area contributed by atoms with E-state index in [1.807, 2.05) is 6.07 Å². The molecule has 4 nitrogen and oxygen atoms in total. The highest BCUT2D eigenvalue weighted by Gasteiger charge is 2.72. The van der Waals surface area contributed by atoms with Gasteiger partial charge in [-0.1, -0.05) is 13.8 Å². The molecule has 4 aliphatic rings. The molecule has 27 heavy (non-hydrogen) atoms. The number of fused-ring (bicyclic) bond motifs is 5. The van der Waals surface area contributed by atoms with Crippen molar-refractivity contribution in [2.45, 2.75) is 82.8 Å². The molecule has 2 N–H and O–H groups in total. The van der Waals surface area contributed by atoms with Crippen LogP contribution in [-0.4, -0.2) is 21.6 Å². The smallest absolute Gasteiger partial charge is 0.133 e. The molecule has 1 heterocycles. The number of hydrogen-bond acceptors (Lipinski definition) is 4. The molecule has 4 aliphatic carbocycles. The van der Waals surface area contributed by atoms with Gasteiger partial charge in [-0.05, 0) is 74.2 Å². The van der Waals surface area contributed by atoms with Crippen LogP contribution < -0.4 is 0 Å². The van der Waals surface area contributed by atoms with Crippen LogP contribution in [0.25, 0.3) is 0 Å². The van der Waals surface area contributed by atoms with Crippen molar-refractivity contribution in [2.75, 3.05) is 0 Å². The number of Topliss-reactive ketones (excluding diaryl/α,β-unsaturated/α-hetero) is 1. The van der Waals surface area contributed by atoms with Gasteiger partial charge in [0.1, 0.15) is 11.4 Å². The van der Waals surface area contributed by atoms with Gasteiger partial charge >= 0.3 is 0 Å². The van der Waals surface area contributed by atoms with Crippen LogP contribution in [0.5, 0.6) is 0 Å². The summed E-state index contributed by atoms with van der Waals surface area (Å²) in [6, 6.07) is 1.86. The minimum atomic E-state index is -1.03. The van der Waals surface area contributed by atoms with E-state index >= 15 is 0 Å². The molecule has 1 aromatic rings. The van der Waals surface area contributed by atoms with Crippen molar-refractivity contribution >= 4 is 5.78 Å². The van der Waals surface area contributed by atoms with Crippen molar-refractivity contribution in [1.29, 1.82) is 0 Å². The third kappa shape index (κ3) is 2.04. The van der Waals surface area contributed by atoms with Crippen molar-refractivity contribution in [2.24, 2.45) is 28.6 Å². The van der Waals surface area contributed by atoms with E-state index in [9.17, 15) is 15.0 Å². The quantitative estimate of drug-likeness (QED) is 0.775. The van der Waals surface area contributed by atoms with Crippen LogP contribution in [0.4, 0.5) is 0 Å². The van der Waals surface area contributed by atoms with Crippen molar-refractivity contribution < 1.29 is 19.4 Å². The monoisotopic (exact) mass is 372 g/mol. The fourth-order valence-electron chi connectivity index (χ4n) is 7.99. The summed E-state index contributed by atoms with van der Waals surface area (Å²) >= 11 is 0. The third-order valence-corrected chi connectivity index (χ3v) is 9.81. The molecule has 4 heteroatoms. The van der Waals surface area contributed by atoms with E-state index in [4.69, 9.17) is 4.42 Å². The first kappa shape index (κ1) is 17.9. The zero-order valence-electron chi connectivity index (χ0n) is 16.5. The molecule has 5 rings (SSSR count). The van der Waals surface area contributed by atoms with Crippen LogP contribution >= 0.6 is 0 Å². The summed E-state index contributed by atoms with van der Waals surface area (Å²) < 4.78 is 5.28. The van der Waals surface area contributed by atoms with Crippen LogP contribution in [0.1, 0.15) is 77.2 Å². The summed E-state index contributed by atoms with van der Waals surface area (Å²) in [5.41, 5.74) is -1.47. The molecular formula is C23H32O4. The van der Waals surface area contributed by atoms with Crippen molar-refractivity contribution in [3.8, 4) is 0 Å². The van der Waals surface area contributed by atoms with Crippen molar-refractivity contribution in [3.63, 3.8) is 0 Å². The van der Waals surface area contributed by atoms with Gasteiger partial charge in [0.25, 0.3) is 0 Å². The zero-order chi connectivity index (χ0) is 19.1. The molecule has 4 saturated carbocycles. The number of aliphatic hydroxyl groups is 2. The van der Waals surface area contributed by atoms with E-state index in [1.165, 1.54) is 0 Å². The van der Waals surface area contributed by atoms with Crippen molar-refractivity contribution in [3.05, 3.63) is 24.2 Å². The Morgan fingerprint density at radius 3 is 2.59 bits per heavy atom. The first-order valence-electron chi connectivity index (χ1n) is 10.7. The molecule has 1 aromatic heterocycles. The summed E-state index contributed by atoms with van der Waals surface area (Å²) in [6.07, 6.45) is 10.8. The first-order valence-corrected chi connectivity index (χ1v) is 10.7. The van der Waals surface area contributed by atoms with E-state index in [0.29, 0.717) is 36.9 Å². The maximum Gasteiger partial charge on any atom is 0.133 e. The van der Waals surface area contributed by atoms with E-state index in [0.717, 1.165) is 44.1 Å². The van der Waals surface area contributed by atoms with Crippen LogP contribution in [-0.2, 0) is 10.4 Å². The van der Waals surface area contributed by atoms with Crippen LogP contribution in [0.2, 0.25) is 0 Å². The Balaban J connectivity index is 1.53. The van der Waals surface area contributed by atoms with Crippen LogP contribution in [0, 0.1) is 28.6 Å². The van der Waals surface area contributed by atoms with E-state index in [-0.39, 0.29) is 11.3 Å². The maximum absolute atomic E-state index is 12.1. The molecule has 0 aromatic carbocycles. The van der Waals surface area contributed by atoms with Gasteiger partial charge < -0.3 is 14.6 Å². The van der Waals surface area contributed by atoms with Gasteiger partial charge in [0.05, 0.1) is 18.1 Å². The molecular weight excluding hydrogens is 340 g/mol. The lowest BCUT2D eigenvalue weighted by Crippen LogP contribution is -2.64. The van der Waals surface area contributed by atoms with Crippen LogP contribution in [0.15, 0.2) is 23.0 Å². The lowest BCUT2D eigenvalue weighted by molar-refractivity contribution is -0.235. The number of carbonyl (C=O) groups is 1. The number of rotatable bonds is 1. The summed E-state index contributed by atoms with van der Waals surface area (Å²) in [6.45, 7) is 4.48. The Hall–Kier alpha value is -1.13. The number of ketones is 1. The summed E-state index contributed by atoms with van der Waals surface area (Å²) in [7, 11) is 0. The number of furan rings is 1. The molecule has 0 radical (unpaired) electrons. The molecule has 7 atom stereocenters. The van der Waals surface area contributed by atoms with Gasteiger partial charge in [-0.3, -0.25) is 4.79 Å². The highest BCUT2D eigenvalue weighted by atomic mass is 16.3. The fourth-order valence-corrected chi connectivity index (χ4v) is 7.99.